The molecule has 0 aromatic heterocycles. The number of carbonyl (C=O) groups is 1. The van der Waals surface area contributed by atoms with Gasteiger partial charge in [-0.15, -0.1) is 0 Å². The molecule has 1 aliphatic heterocycles. The van der Waals surface area contributed by atoms with Crippen molar-refractivity contribution in [1.82, 2.24) is 5.32 Å². The van der Waals surface area contributed by atoms with Crippen LogP contribution >= 0.6 is 0 Å². The number of hydrogen-bond donors (Lipinski definition) is 6. The lowest BCUT2D eigenvalue weighted by molar-refractivity contribution is -0.302. The zero-order valence-corrected chi connectivity index (χ0v) is 42.3. The Morgan fingerprint density at radius 1 is 0.508 bits per heavy atom. The van der Waals surface area contributed by atoms with Crippen molar-refractivity contribution in [2.75, 3.05) is 13.2 Å². The maximum atomic E-state index is 13.0. The van der Waals surface area contributed by atoms with Crippen molar-refractivity contribution in [3.8, 4) is 0 Å². The number of aliphatic hydroxyl groups excluding tert-OH is 5. The number of ether oxygens (including phenoxy) is 2. The lowest BCUT2D eigenvalue weighted by Crippen LogP contribution is -2.60. The minimum atomic E-state index is -1.57. The SMILES string of the molecule is CCCCC/C=C/CC/C=C/C(O)C(COC1OC(CO)C(O)C(O)C1O)NC(=O)CCCCCCCCCCCCCCCCCCCCCCC/C=C\CCCCCCCCCC. The number of hydrogen-bond acceptors (Lipinski definition) is 8. The molecule has 7 unspecified atom stereocenters. The van der Waals surface area contributed by atoms with E-state index in [2.05, 4.69) is 43.5 Å². The predicted molar refractivity (Wildman–Crippen MR) is 272 cm³/mol. The second-order valence-corrected chi connectivity index (χ2v) is 19.4. The number of amides is 1. The van der Waals surface area contributed by atoms with E-state index in [0.29, 0.717) is 6.42 Å². The quantitative estimate of drug-likeness (QED) is 0.0261. The fraction of sp³-hybridized carbons (Fsp3) is 0.875. The number of unbranched alkanes of at least 4 members (excludes halogenated alkanes) is 33. The van der Waals surface area contributed by atoms with Crippen LogP contribution in [0.25, 0.3) is 0 Å². The lowest BCUT2D eigenvalue weighted by Gasteiger charge is -2.40. The minimum Gasteiger partial charge on any atom is -0.394 e. The van der Waals surface area contributed by atoms with E-state index in [9.17, 15) is 30.3 Å². The van der Waals surface area contributed by atoms with Crippen LogP contribution in [-0.2, 0) is 14.3 Å². The van der Waals surface area contributed by atoms with Crippen LogP contribution in [0.3, 0.4) is 0 Å². The maximum Gasteiger partial charge on any atom is 0.220 e. The summed E-state index contributed by atoms with van der Waals surface area (Å²) in [6.07, 6.45) is 52.5. The van der Waals surface area contributed by atoms with Crippen LogP contribution < -0.4 is 5.32 Å². The highest BCUT2D eigenvalue weighted by molar-refractivity contribution is 5.76. The highest BCUT2D eigenvalue weighted by atomic mass is 16.7. The molecule has 65 heavy (non-hydrogen) atoms. The van der Waals surface area contributed by atoms with E-state index in [4.69, 9.17) is 9.47 Å². The van der Waals surface area contributed by atoms with E-state index >= 15 is 0 Å². The molecular formula is C56H105NO8. The predicted octanol–water partition coefficient (Wildman–Crippen LogP) is 13.2. The van der Waals surface area contributed by atoms with Crippen LogP contribution in [0.5, 0.6) is 0 Å². The van der Waals surface area contributed by atoms with Crippen molar-refractivity contribution in [2.45, 2.75) is 301 Å². The molecule has 9 heteroatoms. The first-order chi connectivity index (χ1) is 31.8. The van der Waals surface area contributed by atoms with Gasteiger partial charge in [-0.3, -0.25) is 4.79 Å². The molecule has 6 N–H and O–H groups in total. The van der Waals surface area contributed by atoms with Gasteiger partial charge < -0.3 is 40.3 Å². The first-order valence-electron chi connectivity index (χ1n) is 27.7. The van der Waals surface area contributed by atoms with Crippen molar-refractivity contribution in [1.29, 1.82) is 0 Å². The summed E-state index contributed by atoms with van der Waals surface area (Å²) in [5.41, 5.74) is 0. The fourth-order valence-electron chi connectivity index (χ4n) is 8.76. The Hall–Kier alpha value is -1.59. The average Bonchev–Trinajstić information content (AvgIpc) is 3.31. The third-order valence-corrected chi connectivity index (χ3v) is 13.2. The molecule has 0 bridgehead atoms. The molecule has 7 atom stereocenters. The maximum absolute atomic E-state index is 13.0. The molecular weight excluding hydrogens is 815 g/mol. The number of allylic oxidation sites excluding steroid dienone is 5. The molecule has 0 aromatic carbocycles. The second kappa shape index (κ2) is 46.2. The Morgan fingerprint density at radius 2 is 0.877 bits per heavy atom. The van der Waals surface area contributed by atoms with Gasteiger partial charge in [0.25, 0.3) is 0 Å². The first-order valence-corrected chi connectivity index (χ1v) is 27.7. The summed E-state index contributed by atoms with van der Waals surface area (Å²) in [6.45, 7) is 3.71. The molecule has 1 amide bonds. The summed E-state index contributed by atoms with van der Waals surface area (Å²) in [5, 5.41) is 54.1. The van der Waals surface area contributed by atoms with E-state index in [0.717, 1.165) is 38.5 Å². The van der Waals surface area contributed by atoms with E-state index in [1.165, 1.54) is 199 Å². The largest absolute Gasteiger partial charge is 0.394 e. The standard InChI is InChI=1S/C56H105NO8/c1-3-5-7-9-11-13-14-15-16-17-18-19-20-21-22-23-24-25-26-27-28-29-30-31-32-33-34-35-36-38-40-42-44-46-52(60)57-49(50(59)45-43-41-39-37-12-10-8-6-4-2)48-64-56-55(63)54(62)53(61)51(47-58)65-56/h12,17-18,37,43,45,49-51,53-56,58-59,61-63H,3-11,13-16,19-36,38-42,44,46-48H2,1-2H3,(H,57,60)/b18-17-,37-12+,45-43+. The van der Waals surface area contributed by atoms with Gasteiger partial charge in [-0.25, -0.2) is 0 Å². The molecule has 0 aromatic rings. The van der Waals surface area contributed by atoms with Gasteiger partial charge in [0.2, 0.25) is 5.91 Å². The highest BCUT2D eigenvalue weighted by Crippen LogP contribution is 2.23. The molecule has 0 spiro atoms. The van der Waals surface area contributed by atoms with Gasteiger partial charge >= 0.3 is 0 Å². The van der Waals surface area contributed by atoms with Crippen LogP contribution in [0.15, 0.2) is 36.5 Å². The first kappa shape index (κ1) is 61.4. The van der Waals surface area contributed by atoms with Crippen molar-refractivity contribution < 1.29 is 39.8 Å². The second-order valence-electron chi connectivity index (χ2n) is 19.4. The molecule has 1 heterocycles. The summed E-state index contributed by atoms with van der Waals surface area (Å²) in [6, 6.07) is -0.817. The Labute approximate surface area is 400 Å². The summed E-state index contributed by atoms with van der Waals surface area (Å²) in [4.78, 5) is 13.0. The van der Waals surface area contributed by atoms with Crippen LogP contribution in [0.1, 0.15) is 258 Å². The van der Waals surface area contributed by atoms with E-state index in [-0.39, 0.29) is 12.5 Å². The topological polar surface area (TPSA) is 149 Å². The number of nitrogens with one attached hydrogen (secondary N) is 1. The van der Waals surface area contributed by atoms with E-state index in [1.807, 2.05) is 6.08 Å². The third kappa shape index (κ3) is 36.1. The van der Waals surface area contributed by atoms with Crippen LogP contribution in [0, 0.1) is 0 Å². The lowest BCUT2D eigenvalue weighted by atomic mass is 9.99. The molecule has 1 saturated heterocycles. The van der Waals surface area contributed by atoms with E-state index in [1.54, 1.807) is 6.08 Å². The fourth-order valence-corrected chi connectivity index (χ4v) is 8.76. The highest BCUT2D eigenvalue weighted by Gasteiger charge is 2.44. The van der Waals surface area contributed by atoms with Gasteiger partial charge in [0.1, 0.15) is 24.4 Å². The Kier molecular flexibility index (Phi) is 43.6. The monoisotopic (exact) mass is 920 g/mol. The van der Waals surface area contributed by atoms with Crippen molar-refractivity contribution in [3.63, 3.8) is 0 Å². The van der Waals surface area contributed by atoms with Gasteiger partial charge in [-0.05, 0) is 57.8 Å². The van der Waals surface area contributed by atoms with Crippen LogP contribution in [0.4, 0.5) is 0 Å². The molecule has 0 saturated carbocycles. The molecule has 1 rings (SSSR count). The number of aliphatic hydroxyl groups is 5. The van der Waals surface area contributed by atoms with Crippen LogP contribution in [-0.4, -0.2) is 87.5 Å². The third-order valence-electron chi connectivity index (χ3n) is 13.2. The smallest absolute Gasteiger partial charge is 0.220 e. The summed E-state index contributed by atoms with van der Waals surface area (Å²) >= 11 is 0. The van der Waals surface area contributed by atoms with Gasteiger partial charge in [-0.1, -0.05) is 230 Å². The number of carbonyl (C=O) groups excluding carboxylic acids is 1. The minimum absolute atomic E-state index is 0.186. The van der Waals surface area contributed by atoms with Crippen molar-refractivity contribution >= 4 is 5.91 Å². The van der Waals surface area contributed by atoms with Gasteiger partial charge in [0, 0.05) is 6.42 Å². The molecule has 9 nitrogen and oxygen atoms in total. The summed E-state index contributed by atoms with van der Waals surface area (Å²) in [5.74, 6) is -0.186. The normalized spacial score (nSPS) is 20.1. The molecule has 0 radical (unpaired) electrons. The van der Waals surface area contributed by atoms with Gasteiger partial charge in [0.15, 0.2) is 6.29 Å². The average molecular weight is 920 g/mol. The number of rotatable bonds is 47. The zero-order chi connectivity index (χ0) is 47.3. The molecule has 1 fully saturated rings. The van der Waals surface area contributed by atoms with E-state index < -0.39 is 49.5 Å². The molecule has 0 aliphatic carbocycles. The Bertz CT molecular complexity index is 1110. The Morgan fingerprint density at radius 3 is 1.32 bits per heavy atom. The molecule has 1 aliphatic rings. The van der Waals surface area contributed by atoms with Crippen LogP contribution in [0.2, 0.25) is 0 Å². The zero-order valence-electron chi connectivity index (χ0n) is 42.3. The van der Waals surface area contributed by atoms with Crippen molar-refractivity contribution in [3.05, 3.63) is 36.5 Å². The summed E-state index contributed by atoms with van der Waals surface area (Å²) in [7, 11) is 0. The Balaban J connectivity index is 2.06. The molecule has 382 valence electrons. The van der Waals surface area contributed by atoms with Crippen molar-refractivity contribution in [2.24, 2.45) is 0 Å². The van der Waals surface area contributed by atoms with Gasteiger partial charge in [-0.2, -0.15) is 0 Å². The van der Waals surface area contributed by atoms with Gasteiger partial charge in [0.05, 0.1) is 25.4 Å². The summed E-state index contributed by atoms with van der Waals surface area (Å²) < 4.78 is 11.2.